The second-order valence-electron chi connectivity index (χ2n) is 42.1. The molecule has 9 N–H and O–H groups in total. The van der Waals surface area contributed by atoms with Crippen LogP contribution >= 0.6 is 0 Å². The Bertz CT molecular complexity index is 7550. The zero-order valence-electron chi connectivity index (χ0n) is 85.4. The molecule has 29 nitrogen and oxygen atoms in total. The van der Waals surface area contributed by atoms with Gasteiger partial charge in [0.05, 0.1) is 70.9 Å². The quantitative estimate of drug-likeness (QED) is 0.0243. The molecule has 150 heavy (non-hydrogen) atoms. The number of piperidine rings is 4. The first-order chi connectivity index (χ1) is 73.5. The van der Waals surface area contributed by atoms with E-state index in [9.17, 15) is 38.7 Å². The Balaban J connectivity index is 0.000000117. The molecule has 0 radical (unpaired) electrons. The third-order valence-corrected chi connectivity index (χ3v) is 32.9. The summed E-state index contributed by atoms with van der Waals surface area (Å²) in [6.07, 6.45) is 33.2. The van der Waals surface area contributed by atoms with Crippen LogP contribution in [0.2, 0.25) is 0 Å². The van der Waals surface area contributed by atoms with Crippen molar-refractivity contribution in [3.05, 3.63) is 389 Å². The lowest BCUT2D eigenvalue weighted by atomic mass is 9.76. The maximum atomic E-state index is 13.3. The molecule has 16 aromatic rings. The fourth-order valence-corrected chi connectivity index (χ4v) is 25.4. The average molecular weight is 2010 g/mol. The fraction of sp³-hybridized carbons (Fsp3) is 0.380. The predicted octanol–water partition coefficient (Wildman–Crippen LogP) is 15.5. The lowest BCUT2D eigenvalue weighted by molar-refractivity contribution is -0.124. The molecule has 774 valence electrons. The second kappa shape index (κ2) is 47.4. The molecule has 8 aromatic carbocycles. The lowest BCUT2D eigenvalue weighted by Gasteiger charge is -2.36. The number of ether oxygens (including phenoxy) is 1. The van der Waals surface area contributed by atoms with Crippen molar-refractivity contribution in [1.82, 2.24) is 99.0 Å². The van der Waals surface area contributed by atoms with Gasteiger partial charge in [0.1, 0.15) is 11.5 Å². The number of aromatic nitrogens is 12. The highest BCUT2D eigenvalue weighted by atomic mass is 16.5. The Morgan fingerprint density at radius 2 is 0.620 bits per heavy atom. The number of methoxy groups -OCH3 is 1. The van der Waals surface area contributed by atoms with Gasteiger partial charge in [-0.05, 0) is 292 Å². The number of rotatable bonds is 26. The van der Waals surface area contributed by atoms with Crippen LogP contribution in [-0.4, -0.2) is 217 Å². The van der Waals surface area contributed by atoms with Crippen LogP contribution < -0.4 is 48.8 Å². The van der Waals surface area contributed by atoms with Crippen molar-refractivity contribution in [2.45, 2.75) is 200 Å². The number of amides is 3. The number of imidazole rings is 4. The van der Waals surface area contributed by atoms with Gasteiger partial charge in [0.25, 0.3) is 0 Å². The Labute approximate surface area is 872 Å². The van der Waals surface area contributed by atoms with E-state index in [0.29, 0.717) is 31.6 Å². The highest BCUT2D eigenvalue weighted by Gasteiger charge is 2.39. The number of likely N-dealkylation sites (tertiary alicyclic amines) is 4. The molecule has 3 amide bonds. The van der Waals surface area contributed by atoms with Crippen LogP contribution in [0.5, 0.6) is 11.5 Å². The first-order valence-corrected chi connectivity index (χ1v) is 54.0. The fourth-order valence-electron chi connectivity index (χ4n) is 25.4. The van der Waals surface area contributed by atoms with Crippen LogP contribution in [0, 0.1) is 0 Å². The van der Waals surface area contributed by atoms with E-state index in [1.165, 1.54) is 62.1 Å². The van der Waals surface area contributed by atoms with Gasteiger partial charge in [-0.3, -0.25) is 67.3 Å². The summed E-state index contributed by atoms with van der Waals surface area (Å²) in [6, 6.07) is 78.8. The minimum atomic E-state index is -0.0621. The molecule has 8 aliphatic rings. The molecular weight excluding hydrogens is 1880 g/mol. The number of hydrogen-bond donors (Lipinski definition) is 9. The minimum absolute atomic E-state index is 0.0158. The van der Waals surface area contributed by atoms with Crippen LogP contribution in [0.1, 0.15) is 192 Å². The summed E-state index contributed by atoms with van der Waals surface area (Å²) in [4.78, 5) is 128. The Hall–Kier alpha value is -14.8. The van der Waals surface area contributed by atoms with Gasteiger partial charge in [-0.1, -0.05) is 133 Å². The van der Waals surface area contributed by atoms with E-state index in [4.69, 9.17) is 4.74 Å². The molecule has 8 atom stereocenters. The zero-order valence-corrected chi connectivity index (χ0v) is 85.4. The van der Waals surface area contributed by atoms with Crippen LogP contribution in [0.4, 0.5) is 0 Å². The Kier molecular flexibility index (Phi) is 32.0. The first kappa shape index (κ1) is 101. The lowest BCUT2D eigenvalue weighted by Crippen LogP contribution is -2.48. The minimum Gasteiger partial charge on any atom is -0.508 e. The van der Waals surface area contributed by atoms with Crippen LogP contribution in [0.25, 0.3) is 44.1 Å². The van der Waals surface area contributed by atoms with E-state index in [1.54, 1.807) is 31.8 Å². The standard InChI is InChI=1S/C31H35N5O3.C30H33N5O3.C30H33N5O2.C30H35N5O/c1-39-24-9-10-25-22(18-24)8-11-27(26(25)17-21-5-4-14-32-19-21)33-30(37)20-35-15-12-23(13-16-35)36-29-7-3-2-6-28(29)34-31(36)38;36-23-8-9-24-21(17-23)7-10-26(25(24)16-20-4-3-13-31-18-20)32-29(37)19-34-14-11-22(12-15-34)35-28-6-2-1-5-27(28)33-30(35)38;36-29(20-34-16-13-23(14-17-34)35-28-10-4-3-9-27(28)33-30(35)37)32-26-12-11-22-7-1-2-8-24(22)25(26)18-21-6-5-15-31-19-21;36-30-33-28-9-3-4-10-29(28)35(30)24-13-17-34(18-14-24)19-16-32-27-12-11-23-7-1-2-8-25(23)26(27)20-22-6-5-15-31-21-22/h2-7,9-10,14,18-19,23,26-27H,8,11-13,15-17,20H2,1H3,(H,33,37)(H,34,38);1-6,8-9,13,17-18,22,25-26,36H,7,10-12,14-16,19H2,(H,32,37)(H,33,38);1-10,15,19,23,25-26H,11-14,16-18,20H2,(H,32,36)(H,33,37);1-10,15,21,24,26-27,32H,11-14,16-20H2,(H,33,36). The van der Waals surface area contributed by atoms with Crippen molar-refractivity contribution in [2.24, 2.45) is 0 Å². The van der Waals surface area contributed by atoms with Gasteiger partial charge in [0.15, 0.2) is 0 Å². The van der Waals surface area contributed by atoms with Gasteiger partial charge < -0.3 is 55.9 Å². The molecule has 12 heterocycles. The number of hydrogen-bond acceptors (Lipinski definition) is 18. The average Bonchev–Trinajstić information content (AvgIpc) is 1.49. The van der Waals surface area contributed by atoms with E-state index >= 15 is 0 Å². The Morgan fingerprint density at radius 3 is 0.960 bits per heavy atom. The summed E-state index contributed by atoms with van der Waals surface area (Å²) in [5, 5.41) is 24.0. The number of pyridine rings is 4. The van der Waals surface area contributed by atoms with Crippen molar-refractivity contribution in [3.63, 3.8) is 0 Å². The van der Waals surface area contributed by atoms with Gasteiger partial charge in [-0.25, -0.2) is 19.2 Å². The van der Waals surface area contributed by atoms with E-state index in [2.05, 4.69) is 166 Å². The molecule has 29 heteroatoms. The Morgan fingerprint density at radius 1 is 0.327 bits per heavy atom. The van der Waals surface area contributed by atoms with Crippen LogP contribution in [0.3, 0.4) is 0 Å². The van der Waals surface area contributed by atoms with E-state index < -0.39 is 0 Å². The summed E-state index contributed by atoms with van der Waals surface area (Å²) in [5.74, 6) is 2.34. The van der Waals surface area contributed by atoms with E-state index in [-0.39, 0.29) is 106 Å². The number of benzene rings is 8. The third kappa shape index (κ3) is 23.8. The molecule has 24 rings (SSSR count). The number of carbonyl (C=O) groups is 3. The number of fused-ring (bicyclic) bond motifs is 8. The molecule has 0 saturated carbocycles. The van der Waals surface area contributed by atoms with Crippen LogP contribution in [-0.2, 0) is 65.8 Å². The summed E-state index contributed by atoms with van der Waals surface area (Å²) in [7, 11) is 1.70. The number of para-hydroxylation sites is 8. The third-order valence-electron chi connectivity index (χ3n) is 32.9. The number of aryl methyl sites for hydroxylation is 4. The number of aromatic amines is 4. The number of nitrogens with zero attached hydrogens (tertiary/aromatic N) is 12. The van der Waals surface area contributed by atoms with Crippen molar-refractivity contribution in [2.75, 3.05) is 92.2 Å². The second-order valence-corrected chi connectivity index (χ2v) is 42.1. The highest BCUT2D eigenvalue weighted by molar-refractivity contribution is 5.81. The molecule has 8 unspecified atom stereocenters. The normalized spacial score (nSPS) is 20.5. The molecule has 4 saturated heterocycles. The van der Waals surface area contributed by atoms with Crippen molar-refractivity contribution >= 4 is 61.9 Å². The maximum absolute atomic E-state index is 13.3. The van der Waals surface area contributed by atoms with Gasteiger partial charge in [-0.2, -0.15) is 0 Å². The number of aromatic hydroxyl groups is 1. The number of nitrogens with one attached hydrogen (secondary N) is 8. The van der Waals surface area contributed by atoms with Gasteiger partial charge >= 0.3 is 22.8 Å². The van der Waals surface area contributed by atoms with Gasteiger partial charge in [0, 0.05) is 187 Å². The number of phenols is 1. The number of phenolic OH excluding ortho intramolecular Hbond substituents is 1. The monoisotopic (exact) mass is 2010 g/mol. The number of carbonyl (C=O) groups excluding carboxylic acids is 3. The molecule has 8 aromatic heterocycles. The molecule has 0 bridgehead atoms. The van der Waals surface area contributed by atoms with E-state index in [1.807, 2.05) is 189 Å². The van der Waals surface area contributed by atoms with E-state index in [0.717, 1.165) is 248 Å². The van der Waals surface area contributed by atoms with Crippen molar-refractivity contribution < 1.29 is 24.2 Å². The largest absolute Gasteiger partial charge is 0.508 e. The van der Waals surface area contributed by atoms with Crippen molar-refractivity contribution in [1.29, 1.82) is 0 Å². The van der Waals surface area contributed by atoms with Crippen LogP contribution in [0.15, 0.2) is 299 Å². The zero-order chi connectivity index (χ0) is 102. The summed E-state index contributed by atoms with van der Waals surface area (Å²) in [6.45, 7) is 9.96. The number of H-pyrrole nitrogens is 4. The smallest absolute Gasteiger partial charge is 0.326 e. The summed E-state index contributed by atoms with van der Waals surface area (Å²) >= 11 is 0. The van der Waals surface area contributed by atoms with Crippen molar-refractivity contribution in [3.8, 4) is 11.5 Å². The molecule has 4 fully saturated rings. The summed E-state index contributed by atoms with van der Waals surface area (Å²) < 4.78 is 13.1. The first-order valence-electron chi connectivity index (χ1n) is 54.0. The van der Waals surface area contributed by atoms with Gasteiger partial charge in [0.2, 0.25) is 17.7 Å². The molecule has 0 spiro atoms. The molecular formula is C121H136N20O9. The highest BCUT2D eigenvalue weighted by Crippen LogP contribution is 2.42. The molecule has 4 aliphatic heterocycles. The van der Waals surface area contributed by atoms with Gasteiger partial charge in [-0.15, -0.1) is 0 Å². The molecule has 4 aliphatic carbocycles. The summed E-state index contributed by atoms with van der Waals surface area (Å²) in [5.41, 5.74) is 22.7. The maximum Gasteiger partial charge on any atom is 0.326 e. The topological polar surface area (TPSA) is 344 Å². The predicted molar refractivity (Wildman–Crippen MR) is 587 cm³/mol. The SMILES string of the molecule is COc1ccc2c(c1)CCC(NC(=O)CN1CCC(n3c(=O)[nH]c4ccccc43)CC1)C2Cc1cccnc1.O=C(CN1CCC(n2c(=O)[nH]c3ccccc32)CC1)NC1CCc2cc(O)ccc2C1Cc1cccnc1.O=C(CN1CCC(n2c(=O)[nH]c3ccccc32)CC1)NC1CCc2ccccc2C1Cc1cccnc1.O=c1[nH]c2ccccc2n1C1CCN(CCNC2CCc3ccccc3C2Cc2cccnc2)CC1.